The van der Waals surface area contributed by atoms with Gasteiger partial charge in [0.1, 0.15) is 5.75 Å². The third kappa shape index (κ3) is 6.73. The SMILES string of the molecule is CCOc1ccc(S(=O)(=O)N(C)CCc2ccc(OC)c(OC)c2)cc1-c1nn(CC2CCCC2)/c(=N\N)c(=O)[nH]1. The molecule has 0 aliphatic heterocycles. The molecule has 222 valence electrons. The summed E-state index contributed by atoms with van der Waals surface area (Å²) in [6.45, 7) is 2.88. The van der Waals surface area contributed by atoms with Crippen LogP contribution in [0.25, 0.3) is 11.4 Å². The van der Waals surface area contributed by atoms with Crippen molar-refractivity contribution in [3.63, 3.8) is 0 Å². The van der Waals surface area contributed by atoms with E-state index < -0.39 is 15.6 Å². The van der Waals surface area contributed by atoms with Crippen LogP contribution in [0.5, 0.6) is 17.2 Å². The van der Waals surface area contributed by atoms with Crippen molar-refractivity contribution in [2.75, 3.05) is 34.4 Å². The van der Waals surface area contributed by atoms with Crippen molar-refractivity contribution in [1.82, 2.24) is 19.1 Å². The van der Waals surface area contributed by atoms with Gasteiger partial charge in [0, 0.05) is 20.1 Å². The normalized spacial score (nSPS) is 14.5. The number of aromatic amines is 1. The minimum Gasteiger partial charge on any atom is -0.493 e. The number of hydrogen-bond donors (Lipinski definition) is 2. The standard InChI is InChI=1S/C28H38N6O6S/c1-5-40-23-13-11-21(41(36,37)33(2)15-14-19-10-12-24(38-3)25(16-19)39-4)17-22(23)26-30-28(35)27(31-29)34(32-26)18-20-8-6-7-9-20/h10-13,16-17,20H,5-9,14-15,18,29H2,1-4H3,(H,30,32,35)/b31-27-. The molecule has 0 radical (unpaired) electrons. The molecule has 13 heteroatoms. The Morgan fingerprint density at radius 1 is 1.10 bits per heavy atom. The van der Waals surface area contributed by atoms with Crippen molar-refractivity contribution in [1.29, 1.82) is 0 Å². The smallest absolute Gasteiger partial charge is 0.296 e. The number of nitrogens with two attached hydrogens (primary N) is 1. The summed E-state index contributed by atoms with van der Waals surface area (Å²) < 4.78 is 46.4. The monoisotopic (exact) mass is 586 g/mol. The van der Waals surface area contributed by atoms with Crippen LogP contribution >= 0.6 is 0 Å². The molecule has 0 bridgehead atoms. The highest BCUT2D eigenvalue weighted by molar-refractivity contribution is 7.89. The number of H-pyrrole nitrogens is 1. The molecule has 1 heterocycles. The maximum absolute atomic E-state index is 13.6. The lowest BCUT2D eigenvalue weighted by molar-refractivity contribution is 0.340. The fourth-order valence-electron chi connectivity index (χ4n) is 5.04. The van der Waals surface area contributed by atoms with Crippen LogP contribution in [0.4, 0.5) is 0 Å². The molecule has 0 unspecified atom stereocenters. The van der Waals surface area contributed by atoms with Crippen LogP contribution in [-0.2, 0) is 23.0 Å². The lowest BCUT2D eigenvalue weighted by Crippen LogP contribution is -2.41. The zero-order valence-electron chi connectivity index (χ0n) is 23.9. The van der Waals surface area contributed by atoms with E-state index in [-0.39, 0.29) is 22.8 Å². The molecule has 1 aliphatic carbocycles. The first-order valence-corrected chi connectivity index (χ1v) is 15.1. The van der Waals surface area contributed by atoms with Gasteiger partial charge < -0.3 is 25.0 Å². The maximum atomic E-state index is 13.6. The van der Waals surface area contributed by atoms with Crippen molar-refractivity contribution >= 4 is 10.0 Å². The molecule has 0 atom stereocenters. The summed E-state index contributed by atoms with van der Waals surface area (Å²) >= 11 is 0. The zero-order chi connectivity index (χ0) is 29.6. The first-order valence-electron chi connectivity index (χ1n) is 13.6. The van der Waals surface area contributed by atoms with Gasteiger partial charge in [-0.25, -0.2) is 17.4 Å². The van der Waals surface area contributed by atoms with E-state index in [4.69, 9.17) is 20.1 Å². The average molecular weight is 587 g/mol. The molecular formula is C28H38N6O6S. The highest BCUT2D eigenvalue weighted by atomic mass is 32.2. The summed E-state index contributed by atoms with van der Waals surface area (Å²) in [4.78, 5) is 15.7. The van der Waals surface area contributed by atoms with E-state index >= 15 is 0 Å². The number of methoxy groups -OCH3 is 2. The summed E-state index contributed by atoms with van der Waals surface area (Å²) in [5.41, 5.74) is 0.744. The number of aromatic nitrogens is 3. The van der Waals surface area contributed by atoms with Gasteiger partial charge in [0.05, 0.1) is 31.3 Å². The van der Waals surface area contributed by atoms with Gasteiger partial charge in [0.25, 0.3) is 5.56 Å². The molecule has 1 aromatic heterocycles. The number of ether oxygens (including phenoxy) is 3. The average Bonchev–Trinajstić information content (AvgIpc) is 3.48. The van der Waals surface area contributed by atoms with Crippen molar-refractivity contribution in [3.05, 3.63) is 57.8 Å². The van der Waals surface area contributed by atoms with Crippen LogP contribution in [0.2, 0.25) is 0 Å². The second-order valence-electron chi connectivity index (χ2n) is 9.94. The van der Waals surface area contributed by atoms with Gasteiger partial charge in [-0.3, -0.25) is 4.79 Å². The molecule has 0 saturated heterocycles. The summed E-state index contributed by atoms with van der Waals surface area (Å²) in [7, 11) is 0.747. The predicted octanol–water partition coefficient (Wildman–Crippen LogP) is 2.48. The Bertz CT molecular complexity index is 1590. The van der Waals surface area contributed by atoms with Crippen LogP contribution in [0.15, 0.2) is 51.2 Å². The molecule has 41 heavy (non-hydrogen) atoms. The summed E-state index contributed by atoms with van der Waals surface area (Å²) in [6.07, 6.45) is 4.79. The van der Waals surface area contributed by atoms with E-state index in [2.05, 4.69) is 15.2 Å². The van der Waals surface area contributed by atoms with Gasteiger partial charge in [-0.2, -0.15) is 10.2 Å². The molecule has 0 amide bonds. The van der Waals surface area contributed by atoms with Crippen molar-refractivity contribution in [3.8, 4) is 28.6 Å². The number of rotatable bonds is 12. The third-order valence-corrected chi connectivity index (χ3v) is 9.16. The van der Waals surface area contributed by atoms with Crippen molar-refractivity contribution in [2.45, 2.75) is 50.5 Å². The van der Waals surface area contributed by atoms with Crippen LogP contribution < -0.4 is 31.1 Å². The van der Waals surface area contributed by atoms with Gasteiger partial charge >= 0.3 is 0 Å². The fourth-order valence-corrected chi connectivity index (χ4v) is 6.24. The quantitative estimate of drug-likeness (QED) is 0.242. The van der Waals surface area contributed by atoms with Gasteiger partial charge in [0.15, 0.2) is 17.3 Å². The van der Waals surface area contributed by atoms with Crippen LogP contribution in [0.3, 0.4) is 0 Å². The van der Waals surface area contributed by atoms with E-state index in [0.29, 0.717) is 48.3 Å². The summed E-state index contributed by atoms with van der Waals surface area (Å²) in [5.74, 6) is 7.64. The van der Waals surface area contributed by atoms with Crippen LogP contribution in [0.1, 0.15) is 38.2 Å². The zero-order valence-corrected chi connectivity index (χ0v) is 24.7. The predicted molar refractivity (Wildman–Crippen MR) is 154 cm³/mol. The van der Waals surface area contributed by atoms with Gasteiger partial charge in [0.2, 0.25) is 15.5 Å². The Morgan fingerprint density at radius 3 is 2.46 bits per heavy atom. The molecule has 2 aromatic carbocycles. The first kappa shape index (κ1) is 30.1. The minimum atomic E-state index is -3.89. The van der Waals surface area contributed by atoms with Gasteiger partial charge in [-0.1, -0.05) is 18.9 Å². The molecule has 0 spiro atoms. The molecule has 12 nitrogen and oxygen atoms in total. The molecular weight excluding hydrogens is 548 g/mol. The topological polar surface area (TPSA) is 154 Å². The highest BCUT2D eigenvalue weighted by Crippen LogP contribution is 2.32. The van der Waals surface area contributed by atoms with E-state index in [1.807, 2.05) is 19.1 Å². The molecule has 1 saturated carbocycles. The van der Waals surface area contributed by atoms with Gasteiger partial charge in [-0.05, 0) is 68.0 Å². The Kier molecular flexibility index (Phi) is 9.71. The lowest BCUT2D eigenvalue weighted by Gasteiger charge is -2.19. The number of nitrogens with one attached hydrogen (secondary N) is 1. The number of hydrogen-bond acceptors (Lipinski definition) is 9. The molecule has 4 rings (SSSR count). The summed E-state index contributed by atoms with van der Waals surface area (Å²) in [5, 5.41) is 8.29. The minimum absolute atomic E-state index is 0.0114. The Labute approximate surface area is 239 Å². The van der Waals surface area contributed by atoms with E-state index in [1.54, 1.807) is 26.4 Å². The molecule has 3 aromatic rings. The Hall–Kier alpha value is -3.84. The van der Waals surface area contributed by atoms with E-state index in [9.17, 15) is 13.2 Å². The second-order valence-corrected chi connectivity index (χ2v) is 12.0. The highest BCUT2D eigenvalue weighted by Gasteiger charge is 2.24. The third-order valence-electron chi connectivity index (χ3n) is 7.31. The Balaban J connectivity index is 1.66. The molecule has 1 fully saturated rings. The second kappa shape index (κ2) is 13.2. The van der Waals surface area contributed by atoms with Crippen molar-refractivity contribution < 1.29 is 22.6 Å². The molecule has 3 N–H and O–H groups in total. The maximum Gasteiger partial charge on any atom is 0.296 e. The summed E-state index contributed by atoms with van der Waals surface area (Å²) in [6, 6.07) is 10.0. The van der Waals surface area contributed by atoms with Crippen LogP contribution in [0, 0.1) is 5.92 Å². The number of sulfonamides is 1. The number of likely N-dealkylation sites (N-methyl/N-ethyl adjacent to an activating group) is 1. The van der Waals surface area contributed by atoms with E-state index in [0.717, 1.165) is 31.2 Å². The first-order chi connectivity index (χ1) is 19.7. The fraction of sp³-hybridized carbons (Fsp3) is 0.464. The molecule has 1 aliphatic rings. The largest absolute Gasteiger partial charge is 0.493 e. The Morgan fingerprint density at radius 2 is 1.80 bits per heavy atom. The van der Waals surface area contributed by atoms with Crippen LogP contribution in [-0.4, -0.2) is 61.9 Å². The van der Waals surface area contributed by atoms with E-state index in [1.165, 1.54) is 28.2 Å². The lowest BCUT2D eigenvalue weighted by atomic mass is 10.1. The number of nitrogens with zero attached hydrogens (tertiary/aromatic N) is 4. The number of benzene rings is 2. The van der Waals surface area contributed by atoms with Gasteiger partial charge in [-0.15, -0.1) is 0 Å². The van der Waals surface area contributed by atoms with Crippen molar-refractivity contribution in [2.24, 2.45) is 16.9 Å².